The highest BCUT2D eigenvalue weighted by atomic mass is 19.3. The SMILES string of the molecule is NCC(F)(F)CN1CCC12CCC2. The maximum atomic E-state index is 13.0. The fourth-order valence-corrected chi connectivity index (χ4v) is 2.33. The molecule has 0 unspecified atom stereocenters. The summed E-state index contributed by atoms with van der Waals surface area (Å²) in [6.45, 7) is 0.165. The number of hydrogen-bond acceptors (Lipinski definition) is 2. The van der Waals surface area contributed by atoms with Gasteiger partial charge in [-0.1, -0.05) is 0 Å². The number of nitrogens with zero attached hydrogens (tertiary/aromatic N) is 1. The molecule has 0 aromatic rings. The van der Waals surface area contributed by atoms with Crippen LogP contribution in [0.4, 0.5) is 8.78 Å². The second-order valence-electron chi connectivity index (χ2n) is 4.31. The summed E-state index contributed by atoms with van der Waals surface area (Å²) < 4.78 is 25.9. The van der Waals surface area contributed by atoms with E-state index in [0.29, 0.717) is 0 Å². The Morgan fingerprint density at radius 1 is 1.31 bits per heavy atom. The molecule has 13 heavy (non-hydrogen) atoms. The van der Waals surface area contributed by atoms with Crippen LogP contribution in [-0.4, -0.2) is 36.0 Å². The predicted octanol–water partition coefficient (Wildman–Crippen LogP) is 1.21. The number of nitrogens with two attached hydrogens (primary N) is 1. The standard InChI is InChI=1S/C9H16F2N2/c10-9(11,6-12)7-13-5-4-8(13)2-1-3-8/h1-7,12H2. The summed E-state index contributed by atoms with van der Waals surface area (Å²) >= 11 is 0. The van der Waals surface area contributed by atoms with Gasteiger partial charge >= 0.3 is 0 Å². The smallest absolute Gasteiger partial charge is 0.272 e. The molecule has 0 aromatic carbocycles. The number of rotatable bonds is 3. The van der Waals surface area contributed by atoms with Gasteiger partial charge in [0.1, 0.15) is 0 Å². The Labute approximate surface area is 77.1 Å². The van der Waals surface area contributed by atoms with Crippen molar-refractivity contribution in [1.82, 2.24) is 4.90 Å². The molecule has 2 fully saturated rings. The van der Waals surface area contributed by atoms with Gasteiger partial charge in [-0.15, -0.1) is 0 Å². The normalized spacial score (nSPS) is 27.0. The molecule has 1 aliphatic carbocycles. The van der Waals surface area contributed by atoms with Crippen molar-refractivity contribution >= 4 is 0 Å². The van der Waals surface area contributed by atoms with Gasteiger partial charge < -0.3 is 5.73 Å². The van der Waals surface area contributed by atoms with E-state index in [1.54, 1.807) is 0 Å². The first-order valence-electron chi connectivity index (χ1n) is 4.91. The van der Waals surface area contributed by atoms with Gasteiger partial charge in [0.25, 0.3) is 5.92 Å². The average Bonchev–Trinajstić information content (AvgIpc) is 1.96. The van der Waals surface area contributed by atoms with E-state index in [2.05, 4.69) is 0 Å². The molecule has 2 N–H and O–H groups in total. The van der Waals surface area contributed by atoms with Crippen LogP contribution in [0, 0.1) is 0 Å². The van der Waals surface area contributed by atoms with Crippen molar-refractivity contribution in [3.05, 3.63) is 0 Å². The summed E-state index contributed by atoms with van der Waals surface area (Å²) in [6, 6.07) is 0. The maximum absolute atomic E-state index is 13.0. The van der Waals surface area contributed by atoms with Gasteiger partial charge in [-0.05, 0) is 25.7 Å². The van der Waals surface area contributed by atoms with Crippen LogP contribution in [0.1, 0.15) is 25.7 Å². The van der Waals surface area contributed by atoms with Gasteiger partial charge in [0.2, 0.25) is 0 Å². The van der Waals surface area contributed by atoms with Crippen molar-refractivity contribution in [2.45, 2.75) is 37.1 Å². The highest BCUT2D eigenvalue weighted by Crippen LogP contribution is 2.47. The zero-order chi connectivity index (χ0) is 9.53. The highest BCUT2D eigenvalue weighted by Gasteiger charge is 2.51. The molecular weight excluding hydrogens is 174 g/mol. The lowest BCUT2D eigenvalue weighted by atomic mass is 9.68. The Kier molecular flexibility index (Phi) is 2.07. The van der Waals surface area contributed by atoms with Gasteiger partial charge in [0, 0.05) is 12.1 Å². The number of halogens is 2. The molecule has 76 valence electrons. The van der Waals surface area contributed by atoms with E-state index in [-0.39, 0.29) is 12.1 Å². The molecule has 1 aliphatic heterocycles. The van der Waals surface area contributed by atoms with Crippen LogP contribution in [0.2, 0.25) is 0 Å². The minimum absolute atomic E-state index is 0.135. The van der Waals surface area contributed by atoms with Crippen molar-refractivity contribution in [1.29, 1.82) is 0 Å². The van der Waals surface area contributed by atoms with Crippen molar-refractivity contribution in [2.24, 2.45) is 5.73 Å². The molecule has 0 atom stereocenters. The third-order valence-electron chi connectivity index (χ3n) is 3.52. The van der Waals surface area contributed by atoms with Crippen LogP contribution in [0.25, 0.3) is 0 Å². The summed E-state index contributed by atoms with van der Waals surface area (Å²) in [5, 5.41) is 0. The second kappa shape index (κ2) is 2.89. The van der Waals surface area contributed by atoms with E-state index in [1.165, 1.54) is 6.42 Å². The summed E-state index contributed by atoms with van der Waals surface area (Å²) in [6.07, 6.45) is 4.51. The zero-order valence-electron chi connectivity index (χ0n) is 7.73. The Morgan fingerprint density at radius 3 is 2.31 bits per heavy atom. The summed E-state index contributed by atoms with van der Waals surface area (Å²) in [4.78, 5) is 1.92. The monoisotopic (exact) mass is 190 g/mol. The van der Waals surface area contributed by atoms with Gasteiger partial charge in [-0.2, -0.15) is 0 Å². The Balaban J connectivity index is 1.89. The lowest BCUT2D eigenvalue weighted by Crippen LogP contribution is -2.66. The molecule has 0 amide bonds. The zero-order valence-corrected chi connectivity index (χ0v) is 7.73. The van der Waals surface area contributed by atoms with Gasteiger partial charge in [0.05, 0.1) is 13.1 Å². The van der Waals surface area contributed by atoms with Crippen LogP contribution in [0.5, 0.6) is 0 Å². The highest BCUT2D eigenvalue weighted by molar-refractivity contribution is 5.06. The first-order valence-corrected chi connectivity index (χ1v) is 4.91. The maximum Gasteiger partial charge on any atom is 0.272 e. The van der Waals surface area contributed by atoms with E-state index < -0.39 is 12.5 Å². The Hall–Kier alpha value is -0.220. The molecule has 0 aromatic heterocycles. The molecule has 0 radical (unpaired) electrons. The summed E-state index contributed by atoms with van der Waals surface area (Å²) in [5.41, 5.74) is 5.17. The molecule has 1 saturated carbocycles. The number of likely N-dealkylation sites (tertiary alicyclic amines) is 1. The fourth-order valence-electron chi connectivity index (χ4n) is 2.33. The van der Waals surface area contributed by atoms with E-state index in [4.69, 9.17) is 5.73 Å². The van der Waals surface area contributed by atoms with E-state index in [0.717, 1.165) is 25.8 Å². The van der Waals surface area contributed by atoms with Crippen LogP contribution < -0.4 is 5.73 Å². The number of alkyl halides is 2. The lowest BCUT2D eigenvalue weighted by Gasteiger charge is -2.59. The second-order valence-corrected chi connectivity index (χ2v) is 4.31. The predicted molar refractivity (Wildman–Crippen MR) is 46.8 cm³/mol. The van der Waals surface area contributed by atoms with Crippen LogP contribution in [-0.2, 0) is 0 Å². The molecule has 2 aliphatic rings. The van der Waals surface area contributed by atoms with Crippen LogP contribution >= 0.6 is 0 Å². The molecule has 0 bridgehead atoms. The van der Waals surface area contributed by atoms with Crippen molar-refractivity contribution in [3.8, 4) is 0 Å². The molecule has 2 nitrogen and oxygen atoms in total. The van der Waals surface area contributed by atoms with E-state index in [1.807, 2.05) is 4.90 Å². The van der Waals surface area contributed by atoms with E-state index >= 15 is 0 Å². The Morgan fingerprint density at radius 2 is 2.00 bits per heavy atom. The average molecular weight is 190 g/mol. The topological polar surface area (TPSA) is 29.3 Å². The minimum Gasteiger partial charge on any atom is -0.325 e. The molecule has 1 spiro atoms. The lowest BCUT2D eigenvalue weighted by molar-refractivity contribution is -0.128. The summed E-state index contributed by atoms with van der Waals surface area (Å²) in [5.74, 6) is -2.69. The molecule has 2 rings (SSSR count). The van der Waals surface area contributed by atoms with Crippen LogP contribution in [0.15, 0.2) is 0 Å². The van der Waals surface area contributed by atoms with E-state index in [9.17, 15) is 8.78 Å². The van der Waals surface area contributed by atoms with Gasteiger partial charge in [-0.3, -0.25) is 4.90 Å². The van der Waals surface area contributed by atoms with Crippen LogP contribution in [0.3, 0.4) is 0 Å². The third-order valence-corrected chi connectivity index (χ3v) is 3.52. The Bertz CT molecular complexity index is 196. The molecular formula is C9H16F2N2. The first-order chi connectivity index (χ1) is 6.08. The molecule has 4 heteroatoms. The third kappa shape index (κ3) is 1.46. The summed E-state index contributed by atoms with van der Waals surface area (Å²) in [7, 11) is 0. The fraction of sp³-hybridized carbons (Fsp3) is 1.00. The van der Waals surface area contributed by atoms with Gasteiger partial charge in [-0.25, -0.2) is 8.78 Å². The van der Waals surface area contributed by atoms with Crippen molar-refractivity contribution in [3.63, 3.8) is 0 Å². The van der Waals surface area contributed by atoms with Gasteiger partial charge in [0.15, 0.2) is 0 Å². The van der Waals surface area contributed by atoms with Crippen molar-refractivity contribution in [2.75, 3.05) is 19.6 Å². The largest absolute Gasteiger partial charge is 0.325 e. The quantitative estimate of drug-likeness (QED) is 0.724. The first kappa shape index (κ1) is 9.34. The minimum atomic E-state index is -2.69. The number of hydrogen-bond donors (Lipinski definition) is 1. The molecule has 1 saturated heterocycles. The van der Waals surface area contributed by atoms with Crippen molar-refractivity contribution < 1.29 is 8.78 Å². The molecule has 1 heterocycles.